The van der Waals surface area contributed by atoms with Crippen molar-refractivity contribution in [3.8, 4) is 0 Å². The molecule has 0 bridgehead atoms. The molecule has 1 aromatic heterocycles. The molecular formula is C12H12N2O2S. The van der Waals surface area contributed by atoms with E-state index in [1.54, 1.807) is 4.57 Å². The predicted molar refractivity (Wildman–Crippen MR) is 68.7 cm³/mol. The van der Waals surface area contributed by atoms with Gasteiger partial charge in [-0.05, 0) is 31.5 Å². The van der Waals surface area contributed by atoms with Gasteiger partial charge in [-0.25, -0.2) is 0 Å². The smallest absolute Gasteiger partial charge is 0.311 e. The van der Waals surface area contributed by atoms with Crippen molar-refractivity contribution in [1.82, 2.24) is 4.57 Å². The van der Waals surface area contributed by atoms with Gasteiger partial charge in [0.15, 0.2) is 0 Å². The molecule has 5 heteroatoms. The maximum absolute atomic E-state index is 12.0. The molecule has 0 saturated heterocycles. The average Bonchev–Trinajstić information content (AvgIpc) is 2.81. The van der Waals surface area contributed by atoms with Crippen molar-refractivity contribution in [3.63, 3.8) is 0 Å². The van der Waals surface area contributed by atoms with E-state index < -0.39 is 0 Å². The summed E-state index contributed by atoms with van der Waals surface area (Å²) in [6, 6.07) is 6.01. The summed E-state index contributed by atoms with van der Waals surface area (Å²) >= 11 is 1.25. The van der Waals surface area contributed by atoms with E-state index in [1.807, 2.05) is 32.0 Å². The highest BCUT2D eigenvalue weighted by Gasteiger charge is 2.24. The average molecular weight is 248 g/mol. The molecule has 3 rings (SSSR count). The molecule has 0 amide bonds. The van der Waals surface area contributed by atoms with Gasteiger partial charge in [0.25, 0.3) is 0 Å². The van der Waals surface area contributed by atoms with Gasteiger partial charge in [0.1, 0.15) is 0 Å². The van der Waals surface area contributed by atoms with Crippen LogP contribution in [-0.4, -0.2) is 10.3 Å². The number of hydrogen-bond donors (Lipinski definition) is 0. The second-order valence-corrected chi connectivity index (χ2v) is 5.29. The van der Waals surface area contributed by atoms with Gasteiger partial charge in [-0.3, -0.25) is 9.36 Å². The first-order valence-corrected chi connectivity index (χ1v) is 6.28. The third kappa shape index (κ3) is 1.67. The summed E-state index contributed by atoms with van der Waals surface area (Å²) in [7, 11) is 0. The largest absolute Gasteiger partial charge is 0.370 e. The minimum Gasteiger partial charge on any atom is -0.370 e. The van der Waals surface area contributed by atoms with Crippen LogP contribution in [0.3, 0.4) is 0 Å². The highest BCUT2D eigenvalue weighted by Crippen LogP contribution is 2.27. The van der Waals surface area contributed by atoms with Gasteiger partial charge in [-0.15, -0.1) is 0 Å². The normalized spacial score (nSPS) is 19.4. The SMILES string of the molecule is CC1=NOC(n2c(=O)sc3ccc(C)cc32)C1. The molecule has 4 nitrogen and oxygen atoms in total. The Kier molecular flexibility index (Phi) is 2.29. The van der Waals surface area contributed by atoms with Crippen molar-refractivity contribution < 1.29 is 4.84 Å². The van der Waals surface area contributed by atoms with Crippen LogP contribution in [0.2, 0.25) is 0 Å². The molecule has 0 fully saturated rings. The van der Waals surface area contributed by atoms with Crippen LogP contribution in [0.5, 0.6) is 0 Å². The van der Waals surface area contributed by atoms with Gasteiger partial charge in [-0.2, -0.15) is 0 Å². The number of rotatable bonds is 1. The fourth-order valence-corrected chi connectivity index (χ4v) is 2.93. The first-order chi connectivity index (χ1) is 8.15. The number of hydrogen-bond acceptors (Lipinski definition) is 4. The van der Waals surface area contributed by atoms with Crippen molar-refractivity contribution in [2.24, 2.45) is 5.16 Å². The van der Waals surface area contributed by atoms with Crippen molar-refractivity contribution in [2.75, 3.05) is 0 Å². The van der Waals surface area contributed by atoms with Crippen LogP contribution in [0.15, 0.2) is 28.1 Å². The number of aromatic nitrogens is 1. The maximum Gasteiger partial charge on any atom is 0.311 e. The van der Waals surface area contributed by atoms with Crippen LogP contribution in [-0.2, 0) is 4.84 Å². The molecule has 17 heavy (non-hydrogen) atoms. The summed E-state index contributed by atoms with van der Waals surface area (Å²) in [6.45, 7) is 3.92. The van der Waals surface area contributed by atoms with Crippen LogP contribution in [0.4, 0.5) is 0 Å². The number of benzene rings is 1. The number of oxime groups is 1. The number of nitrogens with zero attached hydrogens (tertiary/aromatic N) is 2. The number of aryl methyl sites for hydroxylation is 1. The lowest BCUT2D eigenvalue weighted by molar-refractivity contribution is 0.0340. The Morgan fingerprint density at radius 2 is 2.29 bits per heavy atom. The summed E-state index contributed by atoms with van der Waals surface area (Å²) in [5.41, 5.74) is 3.00. The molecule has 1 aliphatic heterocycles. The maximum atomic E-state index is 12.0. The van der Waals surface area contributed by atoms with E-state index in [-0.39, 0.29) is 11.1 Å². The Balaban J connectivity index is 2.18. The fraction of sp³-hybridized carbons (Fsp3) is 0.333. The van der Waals surface area contributed by atoms with Crippen LogP contribution in [0, 0.1) is 6.92 Å². The van der Waals surface area contributed by atoms with Gasteiger partial charge >= 0.3 is 4.87 Å². The van der Waals surface area contributed by atoms with Gasteiger partial charge in [0.2, 0.25) is 6.23 Å². The van der Waals surface area contributed by atoms with E-state index >= 15 is 0 Å². The standard InChI is InChI=1S/C12H12N2O2S/c1-7-3-4-10-9(5-7)14(12(15)17-10)11-6-8(2)13-16-11/h3-5,11H,6H2,1-2H3. The zero-order valence-electron chi connectivity index (χ0n) is 9.64. The molecule has 0 N–H and O–H groups in total. The first-order valence-electron chi connectivity index (χ1n) is 5.46. The fourth-order valence-electron chi connectivity index (χ4n) is 2.03. The molecule has 0 spiro atoms. The predicted octanol–water partition coefficient (Wildman–Crippen LogP) is 2.67. The summed E-state index contributed by atoms with van der Waals surface area (Å²) < 4.78 is 2.70. The molecule has 1 unspecified atom stereocenters. The molecular weight excluding hydrogens is 236 g/mol. The van der Waals surface area contributed by atoms with Crippen molar-refractivity contribution in [1.29, 1.82) is 0 Å². The van der Waals surface area contributed by atoms with Gasteiger partial charge in [0, 0.05) is 6.42 Å². The monoisotopic (exact) mass is 248 g/mol. The Morgan fingerprint density at radius 3 is 3.00 bits per heavy atom. The lowest BCUT2D eigenvalue weighted by atomic mass is 10.2. The van der Waals surface area contributed by atoms with Gasteiger partial charge in [-0.1, -0.05) is 22.6 Å². The number of fused-ring (bicyclic) bond motifs is 1. The first kappa shape index (κ1) is 10.5. The molecule has 0 saturated carbocycles. The lowest BCUT2D eigenvalue weighted by Crippen LogP contribution is -2.19. The summed E-state index contributed by atoms with van der Waals surface area (Å²) in [5, 5.41) is 3.91. The van der Waals surface area contributed by atoms with Crippen LogP contribution in [0.25, 0.3) is 10.2 Å². The third-order valence-electron chi connectivity index (χ3n) is 2.86. The Bertz CT molecular complexity index is 669. The summed E-state index contributed by atoms with van der Waals surface area (Å²) in [4.78, 5) is 17.3. The topological polar surface area (TPSA) is 43.6 Å². The van der Waals surface area contributed by atoms with Crippen LogP contribution < -0.4 is 4.87 Å². The summed E-state index contributed by atoms with van der Waals surface area (Å²) in [6.07, 6.45) is 0.401. The van der Waals surface area contributed by atoms with Crippen LogP contribution in [0.1, 0.15) is 25.1 Å². The van der Waals surface area contributed by atoms with Crippen molar-refractivity contribution in [3.05, 3.63) is 33.4 Å². The zero-order chi connectivity index (χ0) is 12.0. The molecule has 1 aromatic carbocycles. The highest BCUT2D eigenvalue weighted by atomic mass is 32.1. The molecule has 0 radical (unpaired) electrons. The van der Waals surface area contributed by atoms with E-state index in [9.17, 15) is 4.79 Å². The zero-order valence-corrected chi connectivity index (χ0v) is 10.5. The Hall–Kier alpha value is -1.62. The highest BCUT2D eigenvalue weighted by molar-refractivity contribution is 7.16. The van der Waals surface area contributed by atoms with E-state index in [1.165, 1.54) is 11.3 Å². The molecule has 1 atom stereocenters. The van der Waals surface area contributed by atoms with E-state index in [4.69, 9.17) is 4.84 Å². The third-order valence-corrected chi connectivity index (χ3v) is 3.79. The van der Waals surface area contributed by atoms with E-state index in [2.05, 4.69) is 5.16 Å². The van der Waals surface area contributed by atoms with Gasteiger partial charge < -0.3 is 4.84 Å². The van der Waals surface area contributed by atoms with Crippen molar-refractivity contribution >= 4 is 27.3 Å². The molecule has 2 aromatic rings. The Morgan fingerprint density at radius 1 is 1.47 bits per heavy atom. The molecule has 2 heterocycles. The van der Waals surface area contributed by atoms with Crippen molar-refractivity contribution in [2.45, 2.75) is 26.5 Å². The van der Waals surface area contributed by atoms with Gasteiger partial charge in [0.05, 0.1) is 15.9 Å². The molecule has 0 aliphatic carbocycles. The molecule has 1 aliphatic rings. The van der Waals surface area contributed by atoms with E-state index in [0.29, 0.717) is 6.42 Å². The Labute approximate surface area is 102 Å². The van der Waals surface area contributed by atoms with Crippen LogP contribution >= 0.6 is 11.3 Å². The lowest BCUT2D eigenvalue weighted by Gasteiger charge is -2.10. The number of thiazole rings is 1. The second-order valence-electron chi connectivity index (χ2n) is 4.30. The van der Waals surface area contributed by atoms with E-state index in [0.717, 1.165) is 21.5 Å². The molecule has 88 valence electrons. The summed E-state index contributed by atoms with van der Waals surface area (Å²) in [5.74, 6) is 0. The minimum absolute atomic E-state index is 0.0144. The minimum atomic E-state index is -0.280. The quantitative estimate of drug-likeness (QED) is 0.778. The second kappa shape index (κ2) is 3.70.